The van der Waals surface area contributed by atoms with Crippen molar-refractivity contribution in [1.29, 1.82) is 0 Å². The summed E-state index contributed by atoms with van der Waals surface area (Å²) in [5.41, 5.74) is 5.61. The second-order valence-electron chi connectivity index (χ2n) is 8.07. The molecule has 0 saturated carbocycles. The summed E-state index contributed by atoms with van der Waals surface area (Å²) < 4.78 is 25.8. The van der Waals surface area contributed by atoms with Gasteiger partial charge in [0.05, 0.1) is 29.9 Å². The van der Waals surface area contributed by atoms with Crippen LogP contribution in [0.3, 0.4) is 0 Å². The number of amides is 1. The van der Waals surface area contributed by atoms with Crippen molar-refractivity contribution < 1.29 is 18.0 Å². The predicted molar refractivity (Wildman–Crippen MR) is 140 cm³/mol. The van der Waals surface area contributed by atoms with Crippen molar-refractivity contribution in [2.24, 2.45) is 0 Å². The monoisotopic (exact) mass is 513 g/mol. The van der Waals surface area contributed by atoms with Crippen LogP contribution in [0.25, 0.3) is 0 Å². The van der Waals surface area contributed by atoms with E-state index < -0.39 is 15.9 Å². The van der Waals surface area contributed by atoms with Crippen LogP contribution in [-0.4, -0.2) is 49.2 Å². The lowest BCUT2D eigenvalue weighted by molar-refractivity contribution is 0.0366. The second-order valence-corrected chi connectivity index (χ2v) is 10.1. The van der Waals surface area contributed by atoms with Gasteiger partial charge >= 0.3 is 0 Å². The average molecular weight is 514 g/mol. The number of hydrogen-bond donors (Lipinski definition) is 3. The third kappa shape index (κ3) is 6.46. The van der Waals surface area contributed by atoms with E-state index in [1.165, 1.54) is 17.5 Å². The van der Waals surface area contributed by atoms with E-state index in [1.54, 1.807) is 38.1 Å². The number of nitrogens with zero attached hydrogens (tertiary/aromatic N) is 4. The minimum absolute atomic E-state index is 0.160. The Kier molecular flexibility index (Phi) is 8.43. The van der Waals surface area contributed by atoms with E-state index in [2.05, 4.69) is 31.1 Å². The molecule has 12 heteroatoms. The zero-order valence-corrected chi connectivity index (χ0v) is 22.0. The molecule has 0 radical (unpaired) electrons. The quantitative estimate of drug-likeness (QED) is 0.347. The Morgan fingerprint density at radius 1 is 1.06 bits per heavy atom. The van der Waals surface area contributed by atoms with E-state index in [9.17, 15) is 13.2 Å². The van der Waals surface area contributed by atoms with Crippen LogP contribution in [0.4, 0.5) is 28.7 Å². The molecule has 0 unspecified atom stereocenters. The van der Waals surface area contributed by atoms with Gasteiger partial charge in [0.15, 0.2) is 0 Å². The van der Waals surface area contributed by atoms with Gasteiger partial charge in [-0.15, -0.1) is 0 Å². The number of aryl methyl sites for hydroxylation is 3. The summed E-state index contributed by atoms with van der Waals surface area (Å²) in [6.07, 6.45) is 3.40. The summed E-state index contributed by atoms with van der Waals surface area (Å²) in [6.45, 7) is 7.61. The van der Waals surface area contributed by atoms with E-state index in [4.69, 9.17) is 4.84 Å². The number of sulfonamides is 1. The summed E-state index contributed by atoms with van der Waals surface area (Å²) >= 11 is 0. The highest BCUT2D eigenvalue weighted by Crippen LogP contribution is 2.34. The number of anilines is 5. The number of benzene rings is 1. The Morgan fingerprint density at radius 2 is 1.81 bits per heavy atom. The molecule has 192 valence electrons. The fourth-order valence-corrected chi connectivity index (χ4v) is 3.98. The summed E-state index contributed by atoms with van der Waals surface area (Å²) in [5, 5.41) is 6.31. The molecule has 3 N–H and O–H groups in total. The topological polar surface area (TPSA) is 138 Å². The first-order chi connectivity index (χ1) is 17.0. The molecule has 0 spiro atoms. The molecule has 0 aliphatic carbocycles. The van der Waals surface area contributed by atoms with E-state index in [-0.39, 0.29) is 18.0 Å². The molecule has 36 heavy (non-hydrogen) atoms. The van der Waals surface area contributed by atoms with E-state index in [0.717, 1.165) is 23.9 Å². The largest absolute Gasteiger partial charge is 0.353 e. The molecule has 2 aromatic heterocycles. The maximum absolute atomic E-state index is 13.1. The van der Waals surface area contributed by atoms with E-state index >= 15 is 0 Å². The Balaban J connectivity index is 2.12. The van der Waals surface area contributed by atoms with Gasteiger partial charge in [-0.3, -0.25) is 13.9 Å². The highest BCUT2D eigenvalue weighted by Gasteiger charge is 2.22. The van der Waals surface area contributed by atoms with Crippen LogP contribution in [0, 0.1) is 13.8 Å². The lowest BCUT2D eigenvalue weighted by atomic mass is 10.1. The third-order valence-corrected chi connectivity index (χ3v) is 6.47. The fourth-order valence-electron chi connectivity index (χ4n) is 3.47. The van der Waals surface area contributed by atoms with Gasteiger partial charge in [0.25, 0.3) is 5.91 Å². The van der Waals surface area contributed by atoms with Crippen LogP contribution in [0.15, 0.2) is 36.5 Å². The summed E-state index contributed by atoms with van der Waals surface area (Å²) in [6, 6.07) is 8.84. The Labute approximate surface area is 211 Å². The van der Waals surface area contributed by atoms with Crippen molar-refractivity contribution in [3.63, 3.8) is 0 Å². The number of nitrogens with one attached hydrogen (secondary N) is 3. The molecule has 1 aromatic carbocycles. The van der Waals surface area contributed by atoms with Crippen molar-refractivity contribution in [3.8, 4) is 0 Å². The number of aromatic nitrogens is 3. The van der Waals surface area contributed by atoms with Crippen LogP contribution >= 0.6 is 0 Å². The van der Waals surface area contributed by atoms with Crippen molar-refractivity contribution in [1.82, 2.24) is 20.4 Å². The van der Waals surface area contributed by atoms with Gasteiger partial charge in [-0.1, -0.05) is 13.0 Å². The van der Waals surface area contributed by atoms with Gasteiger partial charge < -0.3 is 10.6 Å². The average Bonchev–Trinajstić information content (AvgIpc) is 2.81. The first-order valence-electron chi connectivity index (χ1n) is 11.4. The molecular weight excluding hydrogens is 482 g/mol. The number of pyridine rings is 1. The minimum atomic E-state index is -3.54. The van der Waals surface area contributed by atoms with Crippen molar-refractivity contribution in [3.05, 3.63) is 59.2 Å². The molecule has 3 aromatic rings. The summed E-state index contributed by atoms with van der Waals surface area (Å²) in [4.78, 5) is 31.3. The Morgan fingerprint density at radius 3 is 2.44 bits per heavy atom. The van der Waals surface area contributed by atoms with Crippen LogP contribution < -0.4 is 20.4 Å². The van der Waals surface area contributed by atoms with Crippen molar-refractivity contribution in [2.75, 3.05) is 34.8 Å². The van der Waals surface area contributed by atoms with Crippen LogP contribution in [0.5, 0.6) is 0 Å². The predicted octanol–water partition coefficient (Wildman–Crippen LogP) is 3.62. The Bertz CT molecular complexity index is 1340. The maximum atomic E-state index is 13.1. The molecule has 0 saturated heterocycles. The van der Waals surface area contributed by atoms with Gasteiger partial charge in [-0.2, -0.15) is 0 Å². The van der Waals surface area contributed by atoms with Gasteiger partial charge in [0.1, 0.15) is 23.0 Å². The molecular formula is C24H31N7O4S. The van der Waals surface area contributed by atoms with Crippen LogP contribution in [0.1, 0.15) is 41.3 Å². The summed E-state index contributed by atoms with van der Waals surface area (Å²) in [5.74, 6) is 0.731. The molecule has 0 aliphatic rings. The van der Waals surface area contributed by atoms with Gasteiger partial charge in [-0.25, -0.2) is 28.8 Å². The second kappa shape index (κ2) is 11.3. The van der Waals surface area contributed by atoms with Crippen LogP contribution in [-0.2, 0) is 21.3 Å². The molecule has 11 nitrogen and oxygen atoms in total. The number of hydroxylamine groups is 1. The van der Waals surface area contributed by atoms with E-state index in [0.29, 0.717) is 28.7 Å². The lowest BCUT2D eigenvalue weighted by Crippen LogP contribution is -2.27. The van der Waals surface area contributed by atoms with Gasteiger partial charge in [-0.05, 0) is 51.0 Å². The molecule has 1 amide bonds. The molecule has 0 aliphatic heterocycles. The fraction of sp³-hybridized carbons (Fsp3) is 0.333. The summed E-state index contributed by atoms with van der Waals surface area (Å²) in [7, 11) is -2.05. The molecule has 0 fully saturated rings. The Hall–Kier alpha value is -3.77. The molecule has 3 rings (SSSR count). The maximum Gasteiger partial charge on any atom is 0.280 e. The molecule has 0 atom stereocenters. The number of carbonyl (C=O) groups is 1. The van der Waals surface area contributed by atoms with Gasteiger partial charge in [0.2, 0.25) is 10.0 Å². The van der Waals surface area contributed by atoms with Crippen molar-refractivity contribution >= 4 is 44.6 Å². The highest BCUT2D eigenvalue weighted by atomic mass is 32.2. The minimum Gasteiger partial charge on any atom is -0.353 e. The SMILES string of the molecule is CCONC(=O)c1c(Nc2ccc(CC)cc2N(C)S(C)(=O)=O)ccnc1Nc1cc(C)nc(C)n1. The first kappa shape index (κ1) is 26.8. The highest BCUT2D eigenvalue weighted by molar-refractivity contribution is 7.92. The molecule has 2 heterocycles. The number of rotatable bonds is 10. The molecule has 0 bridgehead atoms. The van der Waals surface area contributed by atoms with Crippen LogP contribution in [0.2, 0.25) is 0 Å². The number of hydrogen-bond acceptors (Lipinski definition) is 9. The first-order valence-corrected chi connectivity index (χ1v) is 13.2. The smallest absolute Gasteiger partial charge is 0.280 e. The zero-order chi connectivity index (χ0) is 26.5. The van der Waals surface area contributed by atoms with Crippen molar-refractivity contribution in [2.45, 2.75) is 34.1 Å². The van der Waals surface area contributed by atoms with E-state index in [1.807, 2.05) is 19.9 Å². The lowest BCUT2D eigenvalue weighted by Gasteiger charge is -2.23. The van der Waals surface area contributed by atoms with Gasteiger partial charge in [0, 0.05) is 25.0 Å². The third-order valence-electron chi connectivity index (χ3n) is 5.28. The normalized spacial score (nSPS) is 11.2. The number of carbonyl (C=O) groups excluding carboxylic acids is 1. The zero-order valence-electron chi connectivity index (χ0n) is 21.2. The standard InChI is InChI=1S/C24H31N7O4S/c1-7-17-9-10-18(20(14-17)31(5)36(6,33)34)28-19-11-12-25-23(22(19)24(32)30-35-8-2)29-21-13-15(3)26-16(4)27-21/h9-14H,7-8H2,1-6H3,(H,30,32)(H2,25,26,27,28,29).